The number of hydrogen-bond donors (Lipinski definition) is 2. The van der Waals surface area contributed by atoms with Crippen molar-refractivity contribution in [1.29, 1.82) is 0 Å². The molecule has 0 aromatic rings. The maximum atomic E-state index is 11.8. The van der Waals surface area contributed by atoms with Crippen molar-refractivity contribution in [1.82, 2.24) is 15.5 Å². The van der Waals surface area contributed by atoms with Crippen molar-refractivity contribution >= 4 is 41.8 Å². The molecule has 2 N–H and O–H groups in total. The first-order chi connectivity index (χ1) is 12.0. The van der Waals surface area contributed by atoms with Gasteiger partial charge in [-0.1, -0.05) is 39.0 Å². The summed E-state index contributed by atoms with van der Waals surface area (Å²) in [5.74, 6) is 2.02. The van der Waals surface area contributed by atoms with E-state index >= 15 is 0 Å². The average molecular weight is 478 g/mol. The summed E-state index contributed by atoms with van der Waals surface area (Å²) in [5, 5.41) is 6.71. The molecule has 1 heterocycles. The molecule has 0 spiro atoms. The van der Waals surface area contributed by atoms with Gasteiger partial charge in [0.05, 0.1) is 0 Å². The van der Waals surface area contributed by atoms with Crippen LogP contribution in [0.1, 0.15) is 65.2 Å². The first kappa shape index (κ1) is 23.2. The third kappa shape index (κ3) is 6.70. The van der Waals surface area contributed by atoms with E-state index < -0.39 is 0 Å². The summed E-state index contributed by atoms with van der Waals surface area (Å²) in [4.78, 5) is 29.3. The van der Waals surface area contributed by atoms with Gasteiger partial charge < -0.3 is 10.6 Å². The Hall–Kier alpha value is -0.860. The van der Waals surface area contributed by atoms with Crippen LogP contribution in [0.3, 0.4) is 0 Å². The minimum Gasteiger partial charge on any atom is -0.355 e. The summed E-state index contributed by atoms with van der Waals surface area (Å²) < 4.78 is 0. The zero-order valence-electron chi connectivity index (χ0n) is 16.4. The van der Waals surface area contributed by atoms with Crippen LogP contribution in [0.25, 0.3) is 0 Å². The fourth-order valence-corrected chi connectivity index (χ4v) is 3.95. The average Bonchev–Trinajstić information content (AvgIpc) is 2.63. The van der Waals surface area contributed by atoms with Gasteiger partial charge in [-0.25, -0.2) is 0 Å². The SMILES string of the molecule is CN=C(NCCN1C(=O)CCCC1=O)NC(C)C(C)C1CCCCC1.I. The molecule has 2 fully saturated rings. The van der Waals surface area contributed by atoms with E-state index in [4.69, 9.17) is 0 Å². The van der Waals surface area contributed by atoms with Crippen LogP contribution >= 0.6 is 24.0 Å². The largest absolute Gasteiger partial charge is 0.355 e. The highest BCUT2D eigenvalue weighted by atomic mass is 127. The lowest BCUT2D eigenvalue weighted by atomic mass is 9.78. The highest BCUT2D eigenvalue weighted by Crippen LogP contribution is 2.31. The van der Waals surface area contributed by atoms with Crippen molar-refractivity contribution in [2.45, 2.75) is 71.3 Å². The summed E-state index contributed by atoms with van der Waals surface area (Å²) in [5.41, 5.74) is 0. The van der Waals surface area contributed by atoms with Crippen LogP contribution in [0.4, 0.5) is 0 Å². The van der Waals surface area contributed by atoms with Crippen LogP contribution in [0.15, 0.2) is 4.99 Å². The second kappa shape index (κ2) is 11.8. The van der Waals surface area contributed by atoms with Crippen molar-refractivity contribution in [2.24, 2.45) is 16.8 Å². The van der Waals surface area contributed by atoms with Crippen LogP contribution in [0.2, 0.25) is 0 Å². The quantitative estimate of drug-likeness (QED) is 0.267. The lowest BCUT2D eigenvalue weighted by molar-refractivity contribution is -0.147. The number of carbonyl (C=O) groups is 2. The zero-order chi connectivity index (χ0) is 18.2. The molecule has 1 saturated heterocycles. The molecule has 0 bridgehead atoms. The van der Waals surface area contributed by atoms with Gasteiger partial charge in [0.15, 0.2) is 5.96 Å². The molecule has 0 aromatic carbocycles. The number of rotatable bonds is 6. The van der Waals surface area contributed by atoms with Crippen LogP contribution in [-0.4, -0.2) is 48.9 Å². The normalized spacial score (nSPS) is 21.8. The molecule has 26 heavy (non-hydrogen) atoms. The van der Waals surface area contributed by atoms with Crippen LogP contribution in [-0.2, 0) is 9.59 Å². The fraction of sp³-hybridized carbons (Fsp3) is 0.842. The summed E-state index contributed by atoms with van der Waals surface area (Å²) in [6, 6.07) is 0.340. The number of hydrogen-bond acceptors (Lipinski definition) is 3. The van der Waals surface area contributed by atoms with E-state index in [2.05, 4.69) is 29.5 Å². The van der Waals surface area contributed by atoms with E-state index in [1.54, 1.807) is 7.05 Å². The predicted octanol–water partition coefficient (Wildman–Crippen LogP) is 2.91. The molecule has 0 radical (unpaired) electrons. The first-order valence-corrected chi connectivity index (χ1v) is 9.83. The Balaban J connectivity index is 0.00000338. The van der Waals surface area contributed by atoms with E-state index in [9.17, 15) is 9.59 Å². The molecule has 2 atom stereocenters. The maximum Gasteiger partial charge on any atom is 0.229 e. The molecular weight excluding hydrogens is 443 g/mol. The van der Waals surface area contributed by atoms with Gasteiger partial charge in [-0.05, 0) is 25.2 Å². The highest BCUT2D eigenvalue weighted by Gasteiger charge is 2.26. The topological polar surface area (TPSA) is 73.8 Å². The minimum absolute atomic E-state index is 0. The van der Waals surface area contributed by atoms with Crippen molar-refractivity contribution in [3.63, 3.8) is 0 Å². The Morgan fingerprint density at radius 1 is 1.12 bits per heavy atom. The molecule has 1 aliphatic heterocycles. The van der Waals surface area contributed by atoms with Gasteiger partial charge in [0.2, 0.25) is 11.8 Å². The summed E-state index contributed by atoms with van der Waals surface area (Å²) >= 11 is 0. The number of piperidine rings is 1. The van der Waals surface area contributed by atoms with Gasteiger partial charge in [0.25, 0.3) is 0 Å². The Bertz CT molecular complexity index is 476. The van der Waals surface area contributed by atoms with Gasteiger partial charge in [-0.2, -0.15) is 0 Å². The monoisotopic (exact) mass is 478 g/mol. The molecule has 2 rings (SSSR count). The van der Waals surface area contributed by atoms with Crippen LogP contribution in [0.5, 0.6) is 0 Å². The molecule has 7 heteroatoms. The summed E-state index contributed by atoms with van der Waals surface area (Å²) in [7, 11) is 1.75. The Morgan fingerprint density at radius 2 is 1.73 bits per heavy atom. The summed E-state index contributed by atoms with van der Waals surface area (Å²) in [6.45, 7) is 5.47. The molecule has 150 valence electrons. The van der Waals surface area contributed by atoms with Gasteiger partial charge in [-0.15, -0.1) is 24.0 Å². The van der Waals surface area contributed by atoms with Crippen molar-refractivity contribution in [3.8, 4) is 0 Å². The molecule has 2 aliphatic rings. The van der Waals surface area contributed by atoms with Crippen LogP contribution in [0, 0.1) is 11.8 Å². The smallest absolute Gasteiger partial charge is 0.229 e. The van der Waals surface area contributed by atoms with E-state index in [0.717, 1.165) is 11.9 Å². The number of nitrogens with zero attached hydrogens (tertiary/aromatic N) is 2. The lowest BCUT2D eigenvalue weighted by Gasteiger charge is -2.33. The van der Waals surface area contributed by atoms with E-state index in [-0.39, 0.29) is 35.8 Å². The third-order valence-corrected chi connectivity index (χ3v) is 5.78. The predicted molar refractivity (Wildman–Crippen MR) is 116 cm³/mol. The first-order valence-electron chi connectivity index (χ1n) is 9.83. The van der Waals surface area contributed by atoms with Gasteiger partial charge in [0, 0.05) is 39.0 Å². The van der Waals surface area contributed by atoms with Crippen molar-refractivity contribution < 1.29 is 9.59 Å². The number of carbonyl (C=O) groups excluding carboxylic acids is 2. The highest BCUT2D eigenvalue weighted by molar-refractivity contribution is 14.0. The Kier molecular flexibility index (Phi) is 10.5. The van der Waals surface area contributed by atoms with Crippen molar-refractivity contribution in [3.05, 3.63) is 0 Å². The third-order valence-electron chi connectivity index (χ3n) is 5.78. The van der Waals surface area contributed by atoms with Crippen molar-refractivity contribution in [2.75, 3.05) is 20.1 Å². The standard InChI is InChI=1S/C19H34N4O2.HI/c1-14(16-8-5-4-6-9-16)15(2)22-19(20-3)21-12-13-23-17(24)10-7-11-18(23)25;/h14-16H,4-13H2,1-3H3,(H2,20,21,22);1H. The van der Waals surface area contributed by atoms with E-state index in [1.165, 1.54) is 37.0 Å². The van der Waals surface area contributed by atoms with Gasteiger partial charge in [-0.3, -0.25) is 19.5 Å². The molecule has 0 aromatic heterocycles. The van der Waals surface area contributed by atoms with Gasteiger partial charge in [0.1, 0.15) is 0 Å². The fourth-order valence-electron chi connectivity index (χ4n) is 3.95. The Labute approximate surface area is 175 Å². The molecule has 2 amide bonds. The molecule has 2 unspecified atom stereocenters. The number of aliphatic imine (C=N–C) groups is 1. The maximum absolute atomic E-state index is 11.8. The number of nitrogens with one attached hydrogen (secondary N) is 2. The molecule has 1 saturated carbocycles. The van der Waals surface area contributed by atoms with Crippen LogP contribution < -0.4 is 10.6 Å². The van der Waals surface area contributed by atoms with Gasteiger partial charge >= 0.3 is 0 Å². The molecular formula is C19H35IN4O2. The summed E-state index contributed by atoms with van der Waals surface area (Å²) in [6.07, 6.45) is 8.39. The van der Waals surface area contributed by atoms with E-state index in [1.807, 2.05) is 0 Å². The number of guanidine groups is 1. The zero-order valence-corrected chi connectivity index (χ0v) is 18.8. The molecule has 6 nitrogen and oxygen atoms in total. The van der Waals surface area contributed by atoms with E-state index in [0.29, 0.717) is 44.3 Å². The second-order valence-electron chi connectivity index (χ2n) is 7.48. The number of imide groups is 1. The number of halogens is 1. The molecule has 1 aliphatic carbocycles. The number of likely N-dealkylation sites (tertiary alicyclic amines) is 1. The second-order valence-corrected chi connectivity index (χ2v) is 7.48. The Morgan fingerprint density at radius 3 is 2.31 bits per heavy atom. The minimum atomic E-state index is -0.0553. The number of amides is 2. The lowest BCUT2D eigenvalue weighted by Crippen LogP contribution is -2.49.